The number of amides is 1. The smallest absolute Gasteiger partial charge is 0.300 e. The van der Waals surface area contributed by atoms with Gasteiger partial charge in [0.15, 0.2) is 0 Å². The van der Waals surface area contributed by atoms with Crippen molar-refractivity contribution in [2.75, 3.05) is 18.6 Å². The number of nitro groups is 1. The first-order valence-electron chi connectivity index (χ1n) is 5.11. The van der Waals surface area contributed by atoms with Crippen molar-refractivity contribution in [3.63, 3.8) is 0 Å². The first-order valence-corrected chi connectivity index (χ1v) is 7.55. The van der Waals surface area contributed by atoms with E-state index in [-0.39, 0.29) is 22.9 Å². The Morgan fingerprint density at radius 2 is 2.11 bits per heavy atom. The Morgan fingerprint density at radius 1 is 1.47 bits per heavy atom. The Labute approximate surface area is 114 Å². The molecule has 1 aromatic rings. The molecule has 0 aliphatic carbocycles. The monoisotopic (exact) mass is 306 g/mol. The highest BCUT2D eigenvalue weighted by atomic mass is 35.5. The van der Waals surface area contributed by atoms with Crippen LogP contribution in [0.2, 0.25) is 5.02 Å². The van der Waals surface area contributed by atoms with Crippen LogP contribution in [0.5, 0.6) is 0 Å². The molecule has 0 aromatic heterocycles. The van der Waals surface area contributed by atoms with Crippen LogP contribution in [0.4, 0.5) is 5.69 Å². The lowest BCUT2D eigenvalue weighted by molar-refractivity contribution is -0.385. The molecule has 1 rings (SSSR count). The average molecular weight is 307 g/mol. The Bertz CT molecular complexity index is 614. The number of carbonyl (C=O) groups excluding carboxylic acids is 1. The summed E-state index contributed by atoms with van der Waals surface area (Å²) in [6.45, 7) is -0.124. The fraction of sp³-hybridized carbons (Fsp3) is 0.300. The van der Waals surface area contributed by atoms with Crippen LogP contribution in [0.3, 0.4) is 0 Å². The minimum atomic E-state index is -3.21. The van der Waals surface area contributed by atoms with Gasteiger partial charge in [-0.25, -0.2) is 8.42 Å². The molecule has 0 aliphatic heterocycles. The van der Waals surface area contributed by atoms with E-state index in [1.165, 1.54) is 18.2 Å². The Hall–Kier alpha value is -1.67. The van der Waals surface area contributed by atoms with Crippen molar-refractivity contribution in [2.45, 2.75) is 0 Å². The lowest BCUT2D eigenvalue weighted by atomic mass is 10.1. The molecular weight excluding hydrogens is 296 g/mol. The minimum Gasteiger partial charge on any atom is -0.351 e. The third-order valence-corrected chi connectivity index (χ3v) is 3.42. The molecule has 0 radical (unpaired) electrons. The molecule has 0 fully saturated rings. The first-order chi connectivity index (χ1) is 8.72. The highest BCUT2D eigenvalue weighted by Crippen LogP contribution is 2.27. The predicted molar refractivity (Wildman–Crippen MR) is 70.2 cm³/mol. The summed E-state index contributed by atoms with van der Waals surface area (Å²) in [5, 5.41) is 13.0. The van der Waals surface area contributed by atoms with E-state index in [1.807, 2.05) is 0 Å². The van der Waals surface area contributed by atoms with Gasteiger partial charge in [-0.15, -0.1) is 0 Å². The standard InChI is InChI=1S/C10H11ClN2O5S/c1-19(17,18)6-5-12-10(14)7-3-2-4-8(11)9(7)13(15)16/h2-4H,5-6H2,1H3,(H,12,14). The molecule has 0 spiro atoms. The number of nitrogens with one attached hydrogen (secondary N) is 1. The largest absolute Gasteiger partial charge is 0.351 e. The van der Waals surface area contributed by atoms with Gasteiger partial charge < -0.3 is 5.32 Å². The number of nitro benzene ring substituents is 1. The fourth-order valence-electron chi connectivity index (χ4n) is 1.33. The molecule has 0 unspecified atom stereocenters. The quantitative estimate of drug-likeness (QED) is 0.645. The number of hydrogen-bond donors (Lipinski definition) is 1. The second-order valence-electron chi connectivity index (χ2n) is 3.78. The van der Waals surface area contributed by atoms with E-state index in [1.54, 1.807) is 0 Å². The zero-order valence-corrected chi connectivity index (χ0v) is 11.5. The summed E-state index contributed by atoms with van der Waals surface area (Å²) in [4.78, 5) is 21.8. The van der Waals surface area contributed by atoms with Gasteiger partial charge in [0, 0.05) is 12.8 Å². The maximum atomic E-state index is 11.7. The van der Waals surface area contributed by atoms with Crippen molar-refractivity contribution in [1.82, 2.24) is 5.32 Å². The summed E-state index contributed by atoms with van der Waals surface area (Å²) in [7, 11) is -3.21. The number of para-hydroxylation sites is 1. The van der Waals surface area contributed by atoms with Gasteiger partial charge in [0.1, 0.15) is 20.4 Å². The molecule has 0 heterocycles. The number of hydrogen-bond acceptors (Lipinski definition) is 5. The normalized spacial score (nSPS) is 11.1. The Kier molecular flexibility index (Phi) is 4.84. The number of halogens is 1. The fourth-order valence-corrected chi connectivity index (χ4v) is 2.05. The van der Waals surface area contributed by atoms with E-state index in [2.05, 4.69) is 5.32 Å². The Balaban J connectivity index is 2.89. The summed E-state index contributed by atoms with van der Waals surface area (Å²) in [6, 6.07) is 3.95. The van der Waals surface area contributed by atoms with Crippen molar-refractivity contribution in [2.24, 2.45) is 0 Å². The van der Waals surface area contributed by atoms with Gasteiger partial charge in [0.05, 0.1) is 10.7 Å². The summed E-state index contributed by atoms with van der Waals surface area (Å²) < 4.78 is 21.8. The van der Waals surface area contributed by atoms with Crippen molar-refractivity contribution in [3.8, 4) is 0 Å². The van der Waals surface area contributed by atoms with Gasteiger partial charge in [-0.2, -0.15) is 0 Å². The van der Waals surface area contributed by atoms with Crippen molar-refractivity contribution < 1.29 is 18.1 Å². The molecule has 9 heteroatoms. The van der Waals surface area contributed by atoms with Crippen LogP contribution in [-0.4, -0.2) is 37.8 Å². The van der Waals surface area contributed by atoms with Crippen LogP contribution in [0, 0.1) is 10.1 Å². The second kappa shape index (κ2) is 5.98. The average Bonchev–Trinajstić information content (AvgIpc) is 2.26. The number of nitrogens with zero attached hydrogens (tertiary/aromatic N) is 1. The van der Waals surface area contributed by atoms with Gasteiger partial charge in [-0.3, -0.25) is 14.9 Å². The van der Waals surface area contributed by atoms with Crippen LogP contribution in [0.25, 0.3) is 0 Å². The highest BCUT2D eigenvalue weighted by Gasteiger charge is 2.23. The van der Waals surface area contributed by atoms with Crippen LogP contribution in [-0.2, 0) is 9.84 Å². The third-order valence-electron chi connectivity index (χ3n) is 2.17. The molecule has 0 atom stereocenters. The molecule has 1 amide bonds. The van der Waals surface area contributed by atoms with Gasteiger partial charge in [0.2, 0.25) is 0 Å². The van der Waals surface area contributed by atoms with Crippen molar-refractivity contribution in [3.05, 3.63) is 38.9 Å². The van der Waals surface area contributed by atoms with Gasteiger partial charge in [-0.05, 0) is 12.1 Å². The summed E-state index contributed by atoms with van der Waals surface area (Å²) in [5.74, 6) is -0.981. The maximum absolute atomic E-state index is 11.7. The lowest BCUT2D eigenvalue weighted by Gasteiger charge is -2.05. The zero-order chi connectivity index (χ0) is 14.6. The zero-order valence-electron chi connectivity index (χ0n) is 9.92. The van der Waals surface area contributed by atoms with Gasteiger partial charge in [0.25, 0.3) is 5.91 Å². The Morgan fingerprint density at radius 3 is 2.63 bits per heavy atom. The third kappa shape index (κ3) is 4.49. The molecular formula is C10H11ClN2O5S. The van der Waals surface area contributed by atoms with E-state index in [0.29, 0.717) is 0 Å². The van der Waals surface area contributed by atoms with Crippen LogP contribution >= 0.6 is 11.6 Å². The van der Waals surface area contributed by atoms with Crippen molar-refractivity contribution >= 4 is 33.0 Å². The van der Waals surface area contributed by atoms with Crippen molar-refractivity contribution in [1.29, 1.82) is 0 Å². The predicted octanol–water partition coefficient (Wildman–Crippen LogP) is 1.02. The van der Waals surface area contributed by atoms with Crippen LogP contribution in [0.15, 0.2) is 18.2 Å². The summed E-state index contributed by atoms with van der Waals surface area (Å²) in [6.07, 6.45) is 1.03. The maximum Gasteiger partial charge on any atom is 0.300 e. The van der Waals surface area contributed by atoms with Crippen LogP contribution < -0.4 is 5.32 Å². The molecule has 19 heavy (non-hydrogen) atoms. The van der Waals surface area contributed by atoms with E-state index in [0.717, 1.165) is 6.26 Å². The number of benzene rings is 1. The van der Waals surface area contributed by atoms with E-state index in [9.17, 15) is 23.3 Å². The summed E-state index contributed by atoms with van der Waals surface area (Å²) >= 11 is 5.66. The number of rotatable bonds is 5. The molecule has 7 nitrogen and oxygen atoms in total. The topological polar surface area (TPSA) is 106 Å². The van der Waals surface area contributed by atoms with E-state index in [4.69, 9.17) is 11.6 Å². The molecule has 1 aromatic carbocycles. The first kappa shape index (κ1) is 15.4. The van der Waals surface area contributed by atoms with Gasteiger partial charge >= 0.3 is 5.69 Å². The molecule has 0 bridgehead atoms. The minimum absolute atomic E-state index is 0.124. The second-order valence-corrected chi connectivity index (χ2v) is 6.45. The number of carbonyl (C=O) groups is 1. The van der Waals surface area contributed by atoms with Gasteiger partial charge in [-0.1, -0.05) is 17.7 Å². The molecule has 0 saturated heterocycles. The highest BCUT2D eigenvalue weighted by molar-refractivity contribution is 7.90. The SMILES string of the molecule is CS(=O)(=O)CCNC(=O)c1cccc(Cl)c1[N+](=O)[O-]. The summed E-state index contributed by atoms with van der Waals surface area (Å²) in [5.41, 5.74) is -0.702. The molecule has 1 N–H and O–H groups in total. The molecule has 0 saturated carbocycles. The van der Waals surface area contributed by atoms with E-state index >= 15 is 0 Å². The lowest BCUT2D eigenvalue weighted by Crippen LogP contribution is -2.29. The van der Waals surface area contributed by atoms with Crippen LogP contribution in [0.1, 0.15) is 10.4 Å². The molecule has 0 aliphatic rings. The van der Waals surface area contributed by atoms with E-state index < -0.39 is 26.4 Å². The number of sulfone groups is 1. The molecule has 104 valence electrons.